The van der Waals surface area contributed by atoms with Crippen molar-refractivity contribution < 1.29 is 9.53 Å². The van der Waals surface area contributed by atoms with E-state index in [0.717, 1.165) is 23.6 Å². The van der Waals surface area contributed by atoms with Crippen molar-refractivity contribution in [3.8, 4) is 0 Å². The maximum absolute atomic E-state index is 12.3. The fourth-order valence-electron chi connectivity index (χ4n) is 3.90. The molecule has 3 saturated heterocycles. The van der Waals surface area contributed by atoms with E-state index in [1.54, 1.807) is 6.08 Å². The molecule has 1 unspecified atom stereocenters. The van der Waals surface area contributed by atoms with Crippen molar-refractivity contribution in [2.24, 2.45) is 5.92 Å². The number of ketones is 1. The third-order valence-electron chi connectivity index (χ3n) is 5.53. The Morgan fingerprint density at radius 1 is 1.04 bits per heavy atom. The second-order valence-corrected chi connectivity index (χ2v) is 7.29. The number of hydrogen-bond donors (Lipinski definition) is 0. The summed E-state index contributed by atoms with van der Waals surface area (Å²) in [6.07, 6.45) is 6.39. The zero-order valence-corrected chi connectivity index (χ0v) is 16.2. The van der Waals surface area contributed by atoms with Crippen LogP contribution in [-0.2, 0) is 11.3 Å². The Labute approximate surface area is 167 Å². The second-order valence-electron chi connectivity index (χ2n) is 7.29. The smallest absolute Gasteiger partial charge is 0.185 e. The molecule has 2 aromatic rings. The average Bonchev–Trinajstić information content (AvgIpc) is 2.72. The third-order valence-corrected chi connectivity index (χ3v) is 5.53. The highest BCUT2D eigenvalue weighted by Gasteiger charge is 2.34. The standard InChI is InChI=1S/C23H25NO2.ClH/c25-22(11-8-18-4-2-1-3-5-18)20-9-6-19(7-10-20)17-26-23-16-24-14-12-21(23)13-15-24;/h1-11,21,23H,12-17H2;1H/b11-8+;. The summed E-state index contributed by atoms with van der Waals surface area (Å²) in [6.45, 7) is 4.17. The molecule has 3 aliphatic rings. The highest BCUT2D eigenvalue weighted by molar-refractivity contribution is 6.06. The van der Waals surface area contributed by atoms with Crippen LogP contribution in [0.2, 0.25) is 0 Å². The first-order valence-corrected chi connectivity index (χ1v) is 9.48. The predicted octanol–water partition coefficient (Wildman–Crippen LogP) is 4.62. The van der Waals surface area contributed by atoms with Crippen LogP contribution in [0.5, 0.6) is 0 Å². The lowest BCUT2D eigenvalue weighted by atomic mass is 9.86. The number of halogens is 1. The van der Waals surface area contributed by atoms with E-state index in [2.05, 4.69) is 4.90 Å². The van der Waals surface area contributed by atoms with Crippen LogP contribution in [0.1, 0.15) is 34.3 Å². The van der Waals surface area contributed by atoms with Gasteiger partial charge in [0.15, 0.2) is 5.78 Å². The summed E-state index contributed by atoms with van der Waals surface area (Å²) in [7, 11) is 0. The Balaban J connectivity index is 0.00000210. The molecule has 0 aromatic heterocycles. The van der Waals surface area contributed by atoms with Gasteiger partial charge in [-0.05, 0) is 49.1 Å². The van der Waals surface area contributed by atoms with E-state index in [1.165, 1.54) is 25.9 Å². The Hall–Kier alpha value is -1.94. The number of piperidine rings is 3. The van der Waals surface area contributed by atoms with Crippen LogP contribution in [0.15, 0.2) is 60.7 Å². The van der Waals surface area contributed by atoms with E-state index in [-0.39, 0.29) is 18.2 Å². The molecule has 5 rings (SSSR count). The van der Waals surface area contributed by atoms with Gasteiger partial charge in [-0.3, -0.25) is 4.79 Å². The number of allylic oxidation sites excluding steroid dienone is 1. The number of fused-ring (bicyclic) bond motifs is 3. The summed E-state index contributed by atoms with van der Waals surface area (Å²) in [5.41, 5.74) is 2.87. The van der Waals surface area contributed by atoms with Crippen LogP contribution in [0.25, 0.3) is 6.08 Å². The minimum absolute atomic E-state index is 0. The zero-order valence-electron chi connectivity index (χ0n) is 15.4. The van der Waals surface area contributed by atoms with Crippen LogP contribution >= 0.6 is 12.4 Å². The molecular weight excluding hydrogens is 358 g/mol. The number of benzene rings is 2. The van der Waals surface area contributed by atoms with Gasteiger partial charge in [-0.15, -0.1) is 12.4 Å². The molecule has 0 amide bonds. The molecule has 27 heavy (non-hydrogen) atoms. The lowest BCUT2D eigenvalue weighted by Crippen LogP contribution is -2.51. The van der Waals surface area contributed by atoms with Crippen molar-refractivity contribution in [3.63, 3.8) is 0 Å². The molecule has 3 heterocycles. The molecule has 0 aliphatic carbocycles. The largest absolute Gasteiger partial charge is 0.372 e. The topological polar surface area (TPSA) is 29.5 Å². The molecule has 0 N–H and O–H groups in total. The first kappa shape index (κ1) is 19.8. The summed E-state index contributed by atoms with van der Waals surface area (Å²) in [5, 5.41) is 0. The van der Waals surface area contributed by atoms with Gasteiger partial charge in [0.1, 0.15) is 0 Å². The molecule has 0 spiro atoms. The molecule has 3 fully saturated rings. The van der Waals surface area contributed by atoms with Crippen molar-refractivity contribution in [2.75, 3.05) is 19.6 Å². The van der Waals surface area contributed by atoms with Crippen molar-refractivity contribution in [1.82, 2.24) is 4.90 Å². The van der Waals surface area contributed by atoms with E-state index in [0.29, 0.717) is 18.3 Å². The molecule has 2 bridgehead atoms. The zero-order chi connectivity index (χ0) is 17.8. The summed E-state index contributed by atoms with van der Waals surface area (Å²) < 4.78 is 6.17. The lowest BCUT2D eigenvalue weighted by molar-refractivity contribution is -0.0765. The fraction of sp³-hybridized carbons (Fsp3) is 0.348. The van der Waals surface area contributed by atoms with Gasteiger partial charge in [-0.1, -0.05) is 60.7 Å². The number of rotatable bonds is 6. The normalized spacial score (nSPS) is 23.9. The molecular formula is C23H26ClNO2. The van der Waals surface area contributed by atoms with Crippen molar-refractivity contribution in [1.29, 1.82) is 0 Å². The van der Waals surface area contributed by atoms with Gasteiger partial charge >= 0.3 is 0 Å². The number of hydrogen-bond acceptors (Lipinski definition) is 3. The molecule has 4 heteroatoms. The van der Waals surface area contributed by atoms with Gasteiger partial charge in [-0.25, -0.2) is 0 Å². The van der Waals surface area contributed by atoms with E-state index in [4.69, 9.17) is 4.74 Å². The first-order valence-electron chi connectivity index (χ1n) is 9.48. The summed E-state index contributed by atoms with van der Waals surface area (Å²) >= 11 is 0. The van der Waals surface area contributed by atoms with Crippen LogP contribution < -0.4 is 0 Å². The Bertz CT molecular complexity index is 765. The van der Waals surface area contributed by atoms with Crippen LogP contribution in [0.3, 0.4) is 0 Å². The lowest BCUT2D eigenvalue weighted by Gasteiger charge is -2.44. The van der Waals surface area contributed by atoms with Crippen LogP contribution in [0.4, 0.5) is 0 Å². The maximum Gasteiger partial charge on any atom is 0.185 e. The van der Waals surface area contributed by atoms with E-state index < -0.39 is 0 Å². The van der Waals surface area contributed by atoms with E-state index in [1.807, 2.05) is 60.7 Å². The van der Waals surface area contributed by atoms with Gasteiger partial charge in [0.2, 0.25) is 0 Å². The molecule has 3 aliphatic heterocycles. The number of nitrogens with zero attached hydrogens (tertiary/aromatic N) is 1. The van der Waals surface area contributed by atoms with E-state index in [9.17, 15) is 4.79 Å². The molecule has 1 atom stereocenters. The first-order chi connectivity index (χ1) is 12.8. The highest BCUT2D eigenvalue weighted by atomic mass is 35.5. The predicted molar refractivity (Wildman–Crippen MR) is 111 cm³/mol. The fourth-order valence-corrected chi connectivity index (χ4v) is 3.90. The van der Waals surface area contributed by atoms with Gasteiger partial charge in [-0.2, -0.15) is 0 Å². The molecule has 0 radical (unpaired) electrons. The molecule has 142 valence electrons. The minimum Gasteiger partial charge on any atom is -0.372 e. The highest BCUT2D eigenvalue weighted by Crippen LogP contribution is 2.30. The van der Waals surface area contributed by atoms with Crippen molar-refractivity contribution in [2.45, 2.75) is 25.6 Å². The number of carbonyl (C=O) groups is 1. The number of ether oxygens (including phenoxy) is 1. The maximum atomic E-state index is 12.3. The minimum atomic E-state index is 0. The summed E-state index contributed by atoms with van der Waals surface area (Å²) in [5.74, 6) is 0.752. The Morgan fingerprint density at radius 2 is 1.74 bits per heavy atom. The van der Waals surface area contributed by atoms with Gasteiger partial charge in [0.25, 0.3) is 0 Å². The van der Waals surface area contributed by atoms with Gasteiger partial charge < -0.3 is 9.64 Å². The molecule has 0 saturated carbocycles. The molecule has 2 aromatic carbocycles. The van der Waals surface area contributed by atoms with Crippen LogP contribution in [0, 0.1) is 5.92 Å². The van der Waals surface area contributed by atoms with Crippen molar-refractivity contribution in [3.05, 3.63) is 77.4 Å². The quantitative estimate of drug-likeness (QED) is 0.538. The van der Waals surface area contributed by atoms with Gasteiger partial charge in [0.05, 0.1) is 12.7 Å². The van der Waals surface area contributed by atoms with Crippen LogP contribution in [-0.4, -0.2) is 36.4 Å². The van der Waals surface area contributed by atoms with Gasteiger partial charge in [0, 0.05) is 12.1 Å². The third kappa shape index (κ3) is 5.07. The SMILES string of the molecule is Cl.O=C(/C=C/c1ccccc1)c1ccc(COC2CN3CCC2CC3)cc1. The van der Waals surface area contributed by atoms with E-state index >= 15 is 0 Å². The second kappa shape index (κ2) is 9.32. The molecule has 3 nitrogen and oxygen atoms in total. The Morgan fingerprint density at radius 3 is 2.37 bits per heavy atom. The summed E-state index contributed by atoms with van der Waals surface area (Å²) in [4.78, 5) is 14.8. The summed E-state index contributed by atoms with van der Waals surface area (Å²) in [6, 6.07) is 17.7. The van der Waals surface area contributed by atoms with Crippen molar-refractivity contribution >= 4 is 24.3 Å². The Kier molecular flexibility index (Phi) is 6.84. The number of carbonyl (C=O) groups excluding carboxylic acids is 1. The monoisotopic (exact) mass is 383 g/mol. The average molecular weight is 384 g/mol.